The quantitative estimate of drug-likeness (QED) is 0.700. The van der Waals surface area contributed by atoms with Gasteiger partial charge in [-0.2, -0.15) is 0 Å². The molecule has 19 heavy (non-hydrogen) atoms. The molecule has 4 heteroatoms. The maximum atomic E-state index is 11.3. The van der Waals surface area contributed by atoms with Crippen LogP contribution in [-0.2, 0) is 22.5 Å². The summed E-state index contributed by atoms with van der Waals surface area (Å²) < 4.78 is 4.70. The van der Waals surface area contributed by atoms with Gasteiger partial charge in [0.05, 0.1) is 13.5 Å². The third kappa shape index (κ3) is 5.85. The molecule has 0 aliphatic rings. The van der Waals surface area contributed by atoms with E-state index in [0.29, 0.717) is 12.3 Å². The second kappa shape index (κ2) is 8.67. The van der Waals surface area contributed by atoms with Crippen molar-refractivity contribution >= 4 is 5.97 Å². The number of benzene rings is 1. The fourth-order valence-corrected chi connectivity index (χ4v) is 1.91. The van der Waals surface area contributed by atoms with Crippen LogP contribution in [0.15, 0.2) is 24.3 Å². The first-order valence-electron chi connectivity index (χ1n) is 6.62. The van der Waals surface area contributed by atoms with Crippen LogP contribution < -0.4 is 5.32 Å². The van der Waals surface area contributed by atoms with E-state index in [1.807, 2.05) is 24.3 Å². The summed E-state index contributed by atoms with van der Waals surface area (Å²) in [6.45, 7) is 3.90. The van der Waals surface area contributed by atoms with Crippen molar-refractivity contribution < 1.29 is 14.6 Å². The number of carbonyl (C=O) groups excluding carboxylic acids is 1. The summed E-state index contributed by atoms with van der Waals surface area (Å²) in [6.07, 6.45) is 1.11. The lowest BCUT2D eigenvalue weighted by Crippen LogP contribution is -2.22. The number of aliphatic hydroxyl groups excluding tert-OH is 1. The number of aliphatic hydroxyl groups is 1. The summed E-state index contributed by atoms with van der Waals surface area (Å²) in [6, 6.07) is 7.86. The first-order valence-corrected chi connectivity index (χ1v) is 6.62. The molecule has 0 bridgehead atoms. The number of nitrogens with one attached hydrogen (secondary N) is 1. The Hall–Kier alpha value is -1.39. The summed E-state index contributed by atoms with van der Waals surface area (Å²) in [5.41, 5.74) is 2.11. The van der Waals surface area contributed by atoms with E-state index in [0.717, 1.165) is 30.6 Å². The highest BCUT2D eigenvalue weighted by atomic mass is 16.5. The van der Waals surface area contributed by atoms with Gasteiger partial charge < -0.3 is 15.2 Å². The van der Waals surface area contributed by atoms with Crippen LogP contribution in [0, 0.1) is 5.92 Å². The highest BCUT2D eigenvalue weighted by Gasteiger charge is 2.08. The highest BCUT2D eigenvalue weighted by Crippen LogP contribution is 2.10. The number of methoxy groups -OCH3 is 1. The Morgan fingerprint density at radius 2 is 2.05 bits per heavy atom. The zero-order chi connectivity index (χ0) is 14.1. The molecule has 0 aliphatic heterocycles. The maximum absolute atomic E-state index is 11.3. The van der Waals surface area contributed by atoms with Crippen molar-refractivity contribution in [2.75, 3.05) is 20.3 Å². The van der Waals surface area contributed by atoms with Gasteiger partial charge in [0.15, 0.2) is 0 Å². The van der Waals surface area contributed by atoms with Crippen LogP contribution in [0.5, 0.6) is 0 Å². The monoisotopic (exact) mass is 265 g/mol. The number of rotatable bonds is 8. The number of esters is 1. The van der Waals surface area contributed by atoms with Crippen molar-refractivity contribution in [1.82, 2.24) is 5.32 Å². The molecular formula is C15H23NO3. The minimum Gasteiger partial charge on any atom is -0.469 e. The number of hydrogen-bond acceptors (Lipinski definition) is 4. The number of ether oxygens (including phenoxy) is 1. The van der Waals surface area contributed by atoms with Gasteiger partial charge in [0.1, 0.15) is 0 Å². The second-order valence-corrected chi connectivity index (χ2v) is 4.77. The zero-order valence-corrected chi connectivity index (χ0v) is 11.7. The average molecular weight is 265 g/mol. The van der Waals surface area contributed by atoms with Crippen molar-refractivity contribution in [3.05, 3.63) is 35.4 Å². The zero-order valence-electron chi connectivity index (χ0n) is 11.7. The molecule has 0 aromatic heterocycles. The van der Waals surface area contributed by atoms with E-state index in [4.69, 9.17) is 9.84 Å². The molecule has 0 aliphatic carbocycles. The Labute approximate surface area is 114 Å². The number of carbonyl (C=O) groups is 1. The first-order chi connectivity index (χ1) is 9.17. The summed E-state index contributed by atoms with van der Waals surface area (Å²) in [5, 5.41) is 12.2. The van der Waals surface area contributed by atoms with Gasteiger partial charge in [-0.1, -0.05) is 31.2 Å². The fourth-order valence-electron chi connectivity index (χ4n) is 1.91. The summed E-state index contributed by atoms with van der Waals surface area (Å²) in [7, 11) is 1.40. The Bertz CT molecular complexity index is 393. The molecule has 1 aromatic rings. The van der Waals surface area contributed by atoms with Crippen LogP contribution in [0.2, 0.25) is 0 Å². The molecule has 0 heterocycles. The predicted molar refractivity (Wildman–Crippen MR) is 74.7 cm³/mol. The van der Waals surface area contributed by atoms with Crippen LogP contribution in [0.25, 0.3) is 0 Å². The molecule has 1 unspecified atom stereocenters. The van der Waals surface area contributed by atoms with E-state index in [1.165, 1.54) is 7.11 Å². The molecule has 1 rings (SSSR count). The third-order valence-corrected chi connectivity index (χ3v) is 3.11. The maximum Gasteiger partial charge on any atom is 0.309 e. The van der Waals surface area contributed by atoms with E-state index in [2.05, 4.69) is 12.2 Å². The molecule has 4 nitrogen and oxygen atoms in total. The molecule has 106 valence electrons. The lowest BCUT2D eigenvalue weighted by molar-refractivity contribution is -0.139. The lowest BCUT2D eigenvalue weighted by atomic mass is 10.0. The van der Waals surface area contributed by atoms with Crippen LogP contribution in [0.3, 0.4) is 0 Å². The Morgan fingerprint density at radius 1 is 1.37 bits per heavy atom. The van der Waals surface area contributed by atoms with Crippen LogP contribution in [-0.4, -0.2) is 31.3 Å². The van der Waals surface area contributed by atoms with Gasteiger partial charge in [0.25, 0.3) is 0 Å². The highest BCUT2D eigenvalue weighted by molar-refractivity contribution is 5.72. The third-order valence-electron chi connectivity index (χ3n) is 3.11. The van der Waals surface area contributed by atoms with Crippen molar-refractivity contribution in [1.29, 1.82) is 0 Å². The molecule has 1 atom stereocenters. The van der Waals surface area contributed by atoms with Gasteiger partial charge in [-0.25, -0.2) is 0 Å². The summed E-state index contributed by atoms with van der Waals surface area (Å²) in [4.78, 5) is 11.3. The second-order valence-electron chi connectivity index (χ2n) is 4.77. The van der Waals surface area contributed by atoms with Gasteiger partial charge in [-0.15, -0.1) is 0 Å². The Balaban J connectivity index is 2.50. The topological polar surface area (TPSA) is 58.6 Å². The molecule has 0 saturated carbocycles. The number of hydrogen-bond donors (Lipinski definition) is 2. The largest absolute Gasteiger partial charge is 0.469 e. The van der Waals surface area contributed by atoms with Gasteiger partial charge in [0, 0.05) is 13.2 Å². The van der Waals surface area contributed by atoms with E-state index >= 15 is 0 Å². The molecule has 0 radical (unpaired) electrons. The minimum absolute atomic E-state index is 0.221. The van der Waals surface area contributed by atoms with Gasteiger partial charge >= 0.3 is 5.97 Å². The SMILES string of the molecule is COC(=O)Cc1ccccc1CNCC(C)CCO. The van der Waals surface area contributed by atoms with Crippen LogP contribution in [0.1, 0.15) is 24.5 Å². The fraction of sp³-hybridized carbons (Fsp3) is 0.533. The molecule has 2 N–H and O–H groups in total. The van der Waals surface area contributed by atoms with E-state index < -0.39 is 0 Å². The van der Waals surface area contributed by atoms with Crippen molar-refractivity contribution in [3.8, 4) is 0 Å². The molecular weight excluding hydrogens is 242 g/mol. The smallest absolute Gasteiger partial charge is 0.309 e. The summed E-state index contributed by atoms with van der Waals surface area (Å²) >= 11 is 0. The van der Waals surface area contributed by atoms with Crippen molar-refractivity contribution in [2.45, 2.75) is 26.3 Å². The molecule has 0 fully saturated rings. The lowest BCUT2D eigenvalue weighted by Gasteiger charge is -2.13. The Morgan fingerprint density at radius 3 is 2.68 bits per heavy atom. The van der Waals surface area contributed by atoms with Crippen molar-refractivity contribution in [3.63, 3.8) is 0 Å². The average Bonchev–Trinajstić information content (AvgIpc) is 2.41. The van der Waals surface area contributed by atoms with E-state index in [-0.39, 0.29) is 12.6 Å². The molecule has 0 saturated heterocycles. The molecule has 0 amide bonds. The van der Waals surface area contributed by atoms with Gasteiger partial charge in [-0.3, -0.25) is 4.79 Å². The van der Waals surface area contributed by atoms with E-state index in [9.17, 15) is 4.79 Å². The van der Waals surface area contributed by atoms with Crippen molar-refractivity contribution in [2.24, 2.45) is 5.92 Å². The van der Waals surface area contributed by atoms with Gasteiger partial charge in [-0.05, 0) is 30.0 Å². The minimum atomic E-state index is -0.221. The standard InChI is InChI=1S/C15H23NO3/c1-12(7-8-17)10-16-11-14-6-4-3-5-13(14)9-15(18)19-2/h3-6,12,16-17H,7-11H2,1-2H3. The molecule has 0 spiro atoms. The normalized spacial score (nSPS) is 12.2. The van der Waals surface area contributed by atoms with E-state index in [1.54, 1.807) is 0 Å². The first kappa shape index (κ1) is 15.7. The van der Waals surface area contributed by atoms with Crippen LogP contribution in [0.4, 0.5) is 0 Å². The van der Waals surface area contributed by atoms with Gasteiger partial charge in [0.2, 0.25) is 0 Å². The molecule has 1 aromatic carbocycles. The van der Waals surface area contributed by atoms with Crippen LogP contribution >= 0.6 is 0 Å². The predicted octanol–water partition coefficient (Wildman–Crippen LogP) is 1.51. The Kier molecular flexibility index (Phi) is 7.15. The summed E-state index contributed by atoms with van der Waals surface area (Å²) in [5.74, 6) is 0.221.